The predicted molar refractivity (Wildman–Crippen MR) is 56.1 cm³/mol. The summed E-state index contributed by atoms with van der Waals surface area (Å²) in [5.41, 5.74) is 2.30. The highest BCUT2D eigenvalue weighted by atomic mass is 15.0. The van der Waals surface area contributed by atoms with E-state index in [9.17, 15) is 0 Å². The Morgan fingerprint density at radius 2 is 2.29 bits per heavy atom. The molecule has 14 heavy (non-hydrogen) atoms. The van der Waals surface area contributed by atoms with Gasteiger partial charge in [-0.25, -0.2) is 9.97 Å². The zero-order valence-electron chi connectivity index (χ0n) is 8.83. The van der Waals surface area contributed by atoms with E-state index in [2.05, 4.69) is 35.2 Å². The fourth-order valence-electron chi connectivity index (χ4n) is 1.83. The lowest BCUT2D eigenvalue weighted by atomic mass is 10.1. The van der Waals surface area contributed by atoms with E-state index in [1.54, 1.807) is 6.33 Å². The minimum Gasteiger partial charge on any atom is -0.309 e. The second-order valence-corrected chi connectivity index (χ2v) is 4.17. The Bertz CT molecular complexity index is 303. The molecule has 2 heterocycles. The maximum atomic E-state index is 4.33. The lowest BCUT2D eigenvalue weighted by molar-refractivity contribution is 0.620. The van der Waals surface area contributed by atoms with Crippen LogP contribution < -0.4 is 5.32 Å². The molecular weight excluding hydrogens is 174 g/mol. The predicted octanol–water partition coefficient (Wildman–Crippen LogP) is 2.02. The molecule has 1 saturated heterocycles. The summed E-state index contributed by atoms with van der Waals surface area (Å²) in [6.45, 7) is 5.44. The Morgan fingerprint density at radius 1 is 1.43 bits per heavy atom. The van der Waals surface area contributed by atoms with Gasteiger partial charge in [0.1, 0.15) is 6.33 Å². The highest BCUT2D eigenvalue weighted by Gasteiger charge is 2.18. The number of nitrogens with one attached hydrogen (secondary N) is 1. The third kappa shape index (κ3) is 1.93. The minimum absolute atomic E-state index is 0.454. The zero-order valence-corrected chi connectivity index (χ0v) is 8.83. The van der Waals surface area contributed by atoms with E-state index >= 15 is 0 Å². The first-order valence-corrected chi connectivity index (χ1v) is 5.32. The first-order chi connectivity index (χ1) is 6.77. The van der Waals surface area contributed by atoms with Gasteiger partial charge in [0, 0.05) is 11.7 Å². The molecule has 2 rings (SSSR count). The Hall–Kier alpha value is -0.960. The van der Waals surface area contributed by atoms with Crippen molar-refractivity contribution in [2.45, 2.75) is 38.6 Å². The lowest BCUT2D eigenvalue weighted by Crippen LogP contribution is -2.14. The van der Waals surface area contributed by atoms with E-state index in [1.165, 1.54) is 12.8 Å². The average molecular weight is 191 g/mol. The fraction of sp³-hybridized carbons (Fsp3) is 0.636. The molecule has 0 aromatic carbocycles. The Kier molecular flexibility index (Phi) is 2.77. The van der Waals surface area contributed by atoms with Crippen LogP contribution in [0.5, 0.6) is 0 Å². The van der Waals surface area contributed by atoms with Gasteiger partial charge in [-0.1, -0.05) is 13.8 Å². The van der Waals surface area contributed by atoms with Crippen LogP contribution in [-0.2, 0) is 0 Å². The summed E-state index contributed by atoms with van der Waals surface area (Å²) in [6.07, 6.45) is 4.14. The molecule has 0 saturated carbocycles. The minimum atomic E-state index is 0.454. The van der Waals surface area contributed by atoms with Crippen molar-refractivity contribution in [3.8, 4) is 0 Å². The standard InChI is InChI=1S/C11H17N3/c1-8(2)10-6-11(14-7-13-10)9-4-3-5-12-9/h6-9,12H,3-5H2,1-2H3. The van der Waals surface area contributed by atoms with E-state index in [1.807, 2.05) is 0 Å². The van der Waals surface area contributed by atoms with E-state index in [0.29, 0.717) is 12.0 Å². The van der Waals surface area contributed by atoms with Crippen LogP contribution in [-0.4, -0.2) is 16.5 Å². The van der Waals surface area contributed by atoms with E-state index in [-0.39, 0.29) is 0 Å². The van der Waals surface area contributed by atoms with Gasteiger partial charge in [0.15, 0.2) is 0 Å². The average Bonchev–Trinajstić information content (AvgIpc) is 2.71. The van der Waals surface area contributed by atoms with Gasteiger partial charge in [0.2, 0.25) is 0 Å². The summed E-state index contributed by atoms with van der Waals surface area (Å²) < 4.78 is 0. The first kappa shape index (κ1) is 9.59. The first-order valence-electron chi connectivity index (χ1n) is 5.32. The molecule has 1 fully saturated rings. The van der Waals surface area contributed by atoms with Crippen molar-refractivity contribution in [1.29, 1.82) is 0 Å². The largest absolute Gasteiger partial charge is 0.309 e. The lowest BCUT2D eigenvalue weighted by Gasteiger charge is -2.11. The van der Waals surface area contributed by atoms with Gasteiger partial charge in [-0.05, 0) is 31.4 Å². The van der Waals surface area contributed by atoms with Crippen LogP contribution in [0.1, 0.15) is 50.0 Å². The van der Waals surface area contributed by atoms with Gasteiger partial charge in [-0.15, -0.1) is 0 Å². The molecule has 0 amide bonds. The highest BCUT2D eigenvalue weighted by Crippen LogP contribution is 2.22. The molecule has 1 aliphatic rings. The number of aromatic nitrogens is 2. The summed E-state index contributed by atoms with van der Waals surface area (Å²) in [5, 5.41) is 3.45. The summed E-state index contributed by atoms with van der Waals surface area (Å²) in [7, 11) is 0. The maximum absolute atomic E-state index is 4.33. The summed E-state index contributed by atoms with van der Waals surface area (Å²) in [6, 6.07) is 2.59. The Balaban J connectivity index is 2.21. The molecule has 0 spiro atoms. The number of nitrogens with zero attached hydrogens (tertiary/aromatic N) is 2. The third-order valence-corrected chi connectivity index (χ3v) is 2.72. The summed E-state index contributed by atoms with van der Waals surface area (Å²) >= 11 is 0. The van der Waals surface area contributed by atoms with Gasteiger partial charge in [-0.3, -0.25) is 0 Å². The van der Waals surface area contributed by atoms with Gasteiger partial charge in [-0.2, -0.15) is 0 Å². The SMILES string of the molecule is CC(C)c1cc(C2CCCN2)ncn1. The van der Waals surface area contributed by atoms with Crippen molar-refractivity contribution in [2.24, 2.45) is 0 Å². The topological polar surface area (TPSA) is 37.8 Å². The monoisotopic (exact) mass is 191 g/mol. The molecule has 1 N–H and O–H groups in total. The van der Waals surface area contributed by atoms with Crippen LogP contribution in [0.4, 0.5) is 0 Å². The van der Waals surface area contributed by atoms with E-state index < -0.39 is 0 Å². The zero-order chi connectivity index (χ0) is 9.97. The summed E-state index contributed by atoms with van der Waals surface area (Å²) in [5.74, 6) is 0.484. The van der Waals surface area contributed by atoms with Crippen LogP contribution in [0, 0.1) is 0 Å². The molecule has 1 unspecified atom stereocenters. The molecule has 0 radical (unpaired) electrons. The number of rotatable bonds is 2. The number of hydrogen-bond acceptors (Lipinski definition) is 3. The van der Waals surface area contributed by atoms with Crippen molar-refractivity contribution < 1.29 is 0 Å². The quantitative estimate of drug-likeness (QED) is 0.777. The van der Waals surface area contributed by atoms with Gasteiger partial charge in [0.25, 0.3) is 0 Å². The summed E-state index contributed by atoms with van der Waals surface area (Å²) in [4.78, 5) is 8.60. The second kappa shape index (κ2) is 4.05. The normalized spacial score (nSPS) is 21.8. The van der Waals surface area contributed by atoms with Gasteiger partial charge < -0.3 is 5.32 Å². The van der Waals surface area contributed by atoms with Crippen molar-refractivity contribution in [1.82, 2.24) is 15.3 Å². The smallest absolute Gasteiger partial charge is 0.116 e. The molecular formula is C11H17N3. The molecule has 3 nitrogen and oxygen atoms in total. The second-order valence-electron chi connectivity index (χ2n) is 4.17. The third-order valence-electron chi connectivity index (χ3n) is 2.72. The van der Waals surface area contributed by atoms with Crippen LogP contribution in [0.3, 0.4) is 0 Å². The highest BCUT2D eigenvalue weighted by molar-refractivity contribution is 5.15. The van der Waals surface area contributed by atoms with Crippen LogP contribution in [0.15, 0.2) is 12.4 Å². The molecule has 1 atom stereocenters. The van der Waals surface area contributed by atoms with Crippen LogP contribution >= 0.6 is 0 Å². The number of hydrogen-bond donors (Lipinski definition) is 1. The van der Waals surface area contributed by atoms with Gasteiger partial charge >= 0.3 is 0 Å². The van der Waals surface area contributed by atoms with Crippen molar-refractivity contribution in [3.05, 3.63) is 23.8 Å². The molecule has 3 heteroatoms. The fourth-order valence-corrected chi connectivity index (χ4v) is 1.83. The maximum Gasteiger partial charge on any atom is 0.116 e. The molecule has 0 bridgehead atoms. The Morgan fingerprint density at radius 3 is 2.93 bits per heavy atom. The van der Waals surface area contributed by atoms with Crippen LogP contribution in [0.25, 0.3) is 0 Å². The Labute approximate surface area is 85.0 Å². The molecule has 1 aromatic heterocycles. The van der Waals surface area contributed by atoms with E-state index in [4.69, 9.17) is 0 Å². The molecule has 0 aliphatic carbocycles. The van der Waals surface area contributed by atoms with Crippen molar-refractivity contribution >= 4 is 0 Å². The van der Waals surface area contributed by atoms with Crippen LogP contribution in [0.2, 0.25) is 0 Å². The molecule has 1 aliphatic heterocycles. The van der Waals surface area contributed by atoms with Crippen molar-refractivity contribution in [3.63, 3.8) is 0 Å². The van der Waals surface area contributed by atoms with E-state index in [0.717, 1.165) is 17.9 Å². The molecule has 76 valence electrons. The molecule has 1 aromatic rings. The van der Waals surface area contributed by atoms with Crippen molar-refractivity contribution in [2.75, 3.05) is 6.54 Å². The van der Waals surface area contributed by atoms with Gasteiger partial charge in [0.05, 0.1) is 5.69 Å².